The Balaban J connectivity index is 1.54. The Morgan fingerprint density at radius 2 is 1.69 bits per heavy atom. The summed E-state index contributed by atoms with van der Waals surface area (Å²) in [4.78, 5) is 28.7. The summed E-state index contributed by atoms with van der Waals surface area (Å²) in [6.45, 7) is 6.51. The number of benzene rings is 1. The van der Waals surface area contributed by atoms with Crippen molar-refractivity contribution in [1.82, 2.24) is 10.2 Å². The van der Waals surface area contributed by atoms with Gasteiger partial charge in [0.25, 0.3) is 5.91 Å². The molecule has 1 aromatic carbocycles. The average molecular weight is 476 g/mol. The second-order valence-corrected chi connectivity index (χ2v) is 12.9. The topological polar surface area (TPSA) is 95.6 Å². The predicted molar refractivity (Wildman–Crippen MR) is 127 cm³/mol. The summed E-state index contributed by atoms with van der Waals surface area (Å²) in [5.41, 5.74) is 0.936. The maximum Gasteiger partial charge on any atom is 0.320 e. The molecule has 1 saturated carbocycles. The highest BCUT2D eigenvalue weighted by atomic mass is 32.2. The van der Waals surface area contributed by atoms with Crippen LogP contribution in [-0.2, 0) is 20.8 Å². The summed E-state index contributed by atoms with van der Waals surface area (Å²) in [5, 5.41) is 6.49. The lowest BCUT2D eigenvalue weighted by Crippen LogP contribution is -2.44. The molecule has 1 aromatic heterocycles. The fourth-order valence-corrected chi connectivity index (χ4v) is 6.12. The van der Waals surface area contributed by atoms with Crippen molar-refractivity contribution in [2.75, 3.05) is 29.9 Å². The molecule has 0 radical (unpaired) electrons. The number of urea groups is 1. The van der Waals surface area contributed by atoms with E-state index in [1.807, 2.05) is 36.4 Å². The van der Waals surface area contributed by atoms with Gasteiger partial charge in [0.2, 0.25) is 0 Å². The molecule has 9 heteroatoms. The molecule has 0 atom stereocenters. The van der Waals surface area contributed by atoms with Gasteiger partial charge in [-0.2, -0.15) is 0 Å². The van der Waals surface area contributed by atoms with Crippen molar-refractivity contribution < 1.29 is 18.0 Å². The number of nitrogens with one attached hydrogen (secondary N) is 2. The molecule has 172 valence electrons. The van der Waals surface area contributed by atoms with E-state index in [-0.39, 0.29) is 47.5 Å². The van der Waals surface area contributed by atoms with Gasteiger partial charge in [0, 0.05) is 18.0 Å². The van der Waals surface area contributed by atoms with Crippen molar-refractivity contribution in [2.45, 2.75) is 44.6 Å². The molecule has 0 spiro atoms. The third kappa shape index (κ3) is 4.83. The predicted octanol–water partition coefficient (Wildman–Crippen LogP) is 3.73. The molecule has 2 N–H and O–H groups in total. The number of sulfone groups is 1. The molecular formula is C23H29N3O4S2. The first-order chi connectivity index (χ1) is 15.0. The van der Waals surface area contributed by atoms with E-state index in [4.69, 9.17) is 0 Å². The minimum absolute atomic E-state index is 0.0299. The zero-order chi connectivity index (χ0) is 23.1. The zero-order valence-electron chi connectivity index (χ0n) is 18.6. The van der Waals surface area contributed by atoms with Crippen LogP contribution in [-0.4, -0.2) is 49.9 Å². The van der Waals surface area contributed by atoms with Gasteiger partial charge >= 0.3 is 6.03 Å². The van der Waals surface area contributed by atoms with Crippen molar-refractivity contribution in [3.63, 3.8) is 0 Å². The van der Waals surface area contributed by atoms with Gasteiger partial charge in [0.05, 0.1) is 22.6 Å². The van der Waals surface area contributed by atoms with E-state index in [9.17, 15) is 18.0 Å². The van der Waals surface area contributed by atoms with Gasteiger partial charge in [-0.05, 0) is 29.9 Å². The lowest BCUT2D eigenvalue weighted by molar-refractivity contribution is 0.0771. The molecule has 0 bridgehead atoms. The zero-order valence-corrected chi connectivity index (χ0v) is 20.2. The van der Waals surface area contributed by atoms with Crippen molar-refractivity contribution >= 4 is 38.1 Å². The van der Waals surface area contributed by atoms with E-state index in [1.165, 1.54) is 11.3 Å². The number of rotatable bonds is 4. The largest absolute Gasteiger partial charge is 0.337 e. The third-order valence-electron chi connectivity index (χ3n) is 5.99. The second-order valence-electron chi connectivity index (χ2n) is 9.57. The average Bonchev–Trinajstić information content (AvgIpc) is 3.37. The number of hydrogen-bond acceptors (Lipinski definition) is 5. The Morgan fingerprint density at radius 3 is 2.25 bits per heavy atom. The van der Waals surface area contributed by atoms with Gasteiger partial charge in [0.1, 0.15) is 5.00 Å². The molecule has 1 aliphatic carbocycles. The Hall–Kier alpha value is -2.39. The highest BCUT2D eigenvalue weighted by molar-refractivity contribution is 7.91. The summed E-state index contributed by atoms with van der Waals surface area (Å²) in [6, 6.07) is 11.4. The fraction of sp³-hybridized carbons (Fsp3) is 0.478. The van der Waals surface area contributed by atoms with E-state index in [0.29, 0.717) is 10.6 Å². The van der Waals surface area contributed by atoms with Crippen LogP contribution in [0.5, 0.6) is 0 Å². The highest BCUT2D eigenvalue weighted by Gasteiger charge is 2.45. The number of nitrogens with zero attached hydrogens (tertiary/aromatic N) is 1. The molecule has 0 unspecified atom stereocenters. The minimum atomic E-state index is -3.09. The summed E-state index contributed by atoms with van der Waals surface area (Å²) >= 11 is 1.39. The smallest absolute Gasteiger partial charge is 0.320 e. The van der Waals surface area contributed by atoms with Crippen LogP contribution in [0.2, 0.25) is 0 Å². The van der Waals surface area contributed by atoms with Crippen LogP contribution in [0.4, 0.5) is 9.80 Å². The van der Waals surface area contributed by atoms with E-state index in [2.05, 4.69) is 31.4 Å². The van der Waals surface area contributed by atoms with Gasteiger partial charge in [-0.3, -0.25) is 10.1 Å². The first-order valence-corrected chi connectivity index (χ1v) is 13.4. The summed E-state index contributed by atoms with van der Waals surface area (Å²) in [5.74, 6) is -0.304. The molecule has 7 nitrogen and oxygen atoms in total. The van der Waals surface area contributed by atoms with Crippen molar-refractivity contribution in [2.24, 2.45) is 0 Å². The Morgan fingerprint density at radius 1 is 1.06 bits per heavy atom. The summed E-state index contributed by atoms with van der Waals surface area (Å²) in [7, 11) is -3.09. The van der Waals surface area contributed by atoms with Gasteiger partial charge in [-0.25, -0.2) is 13.2 Å². The molecule has 1 saturated heterocycles. The quantitative estimate of drug-likeness (QED) is 0.704. The first-order valence-electron chi connectivity index (χ1n) is 10.8. The lowest BCUT2D eigenvalue weighted by atomic mass is 9.94. The molecule has 2 heterocycles. The number of carbonyl (C=O) groups is 2. The number of amides is 3. The van der Waals surface area contributed by atoms with Gasteiger partial charge in [-0.15, -0.1) is 11.3 Å². The number of thiophene rings is 1. The molecule has 2 aliphatic rings. The van der Waals surface area contributed by atoms with E-state index < -0.39 is 9.84 Å². The summed E-state index contributed by atoms with van der Waals surface area (Å²) < 4.78 is 23.5. The van der Waals surface area contributed by atoms with E-state index in [0.717, 1.165) is 23.3 Å². The van der Waals surface area contributed by atoms with E-state index >= 15 is 0 Å². The third-order valence-corrected chi connectivity index (χ3v) is 9.07. The molecule has 2 aromatic rings. The Labute approximate surface area is 193 Å². The lowest BCUT2D eigenvalue weighted by Gasteiger charge is -2.27. The van der Waals surface area contributed by atoms with E-state index in [1.54, 1.807) is 4.90 Å². The van der Waals surface area contributed by atoms with Gasteiger partial charge in [0.15, 0.2) is 9.84 Å². The van der Waals surface area contributed by atoms with Gasteiger partial charge in [-0.1, -0.05) is 51.1 Å². The van der Waals surface area contributed by atoms with Crippen molar-refractivity contribution in [3.05, 3.63) is 52.4 Å². The highest BCUT2D eigenvalue weighted by Crippen LogP contribution is 2.45. The number of carbonyl (C=O) groups excluding carboxylic acids is 2. The fourth-order valence-electron chi connectivity index (χ4n) is 3.82. The molecule has 1 aliphatic heterocycles. The normalized spacial score (nSPS) is 19.3. The maximum absolute atomic E-state index is 13.2. The van der Waals surface area contributed by atoms with Crippen LogP contribution in [0.3, 0.4) is 0 Å². The SMILES string of the molecule is CC(C)(C)c1cc(C(=O)N2CCS(=O)(=O)CC2)c(NC(=O)NC2(c3ccccc3)CC2)s1. The van der Waals surface area contributed by atoms with Crippen LogP contribution in [0.1, 0.15) is 54.4 Å². The Bertz CT molecular complexity index is 1120. The first kappa shape index (κ1) is 22.8. The maximum atomic E-state index is 13.2. The number of hydrogen-bond donors (Lipinski definition) is 2. The van der Waals surface area contributed by atoms with Crippen LogP contribution in [0.15, 0.2) is 36.4 Å². The Kier molecular flexibility index (Phi) is 5.83. The molecule has 3 amide bonds. The van der Waals surface area contributed by atoms with Crippen LogP contribution in [0, 0.1) is 0 Å². The monoisotopic (exact) mass is 475 g/mol. The van der Waals surface area contributed by atoms with Crippen molar-refractivity contribution in [1.29, 1.82) is 0 Å². The van der Waals surface area contributed by atoms with Crippen molar-refractivity contribution in [3.8, 4) is 0 Å². The molecular weight excluding hydrogens is 446 g/mol. The van der Waals surface area contributed by atoms with Crippen LogP contribution in [0.25, 0.3) is 0 Å². The second kappa shape index (κ2) is 8.19. The number of anilines is 1. The van der Waals surface area contributed by atoms with Crippen LogP contribution >= 0.6 is 11.3 Å². The standard InChI is InChI=1S/C23H29N3O4S2/c1-22(2,3)18-15-17(20(27)26-11-13-32(29,30)14-12-26)19(31-18)24-21(28)25-23(9-10-23)16-7-5-4-6-8-16/h4-8,15H,9-14H2,1-3H3,(H2,24,25,28). The molecule has 32 heavy (non-hydrogen) atoms. The van der Waals surface area contributed by atoms with Gasteiger partial charge < -0.3 is 10.2 Å². The minimum Gasteiger partial charge on any atom is -0.337 e. The summed E-state index contributed by atoms with van der Waals surface area (Å²) in [6.07, 6.45) is 1.74. The molecule has 4 rings (SSSR count). The van der Waals surface area contributed by atoms with Crippen LogP contribution < -0.4 is 10.6 Å². The molecule has 2 fully saturated rings.